The molecule has 1 aromatic rings. The average molecular weight is 305 g/mol. The van der Waals surface area contributed by atoms with E-state index in [-0.39, 0.29) is 12.4 Å². The van der Waals surface area contributed by atoms with Gasteiger partial charge in [-0.25, -0.2) is 0 Å². The first-order chi connectivity index (χ1) is 8.71. The third-order valence-corrected chi connectivity index (χ3v) is 3.04. The van der Waals surface area contributed by atoms with Gasteiger partial charge in [0.15, 0.2) is 5.75 Å². The third-order valence-electron chi connectivity index (χ3n) is 3.04. The molecule has 0 saturated carbocycles. The molecule has 1 aromatic carbocycles. The molecule has 1 atom stereocenters. The average Bonchev–Trinajstić information content (AvgIpc) is 2.36. The van der Waals surface area contributed by atoms with Crippen LogP contribution in [0.5, 0.6) is 5.75 Å². The molecule has 0 aliphatic rings. The molecule has 112 valence electrons. The van der Waals surface area contributed by atoms with Gasteiger partial charge in [0.2, 0.25) is 0 Å². The Labute approximate surface area is 122 Å². The fourth-order valence-corrected chi connectivity index (χ4v) is 1.69. The van der Waals surface area contributed by atoms with Gasteiger partial charge in [-0.1, -0.05) is 6.07 Å². The Bertz CT molecular complexity index is 519. The second kappa shape index (κ2) is 6.53. The molecule has 0 fully saturated rings. The molecule has 3 N–H and O–H groups in total. The fraction of sp³-hybridized carbons (Fsp3) is 0.417. The van der Waals surface area contributed by atoms with E-state index in [2.05, 4.69) is 4.74 Å². The van der Waals surface area contributed by atoms with Crippen molar-refractivity contribution >= 4 is 24.1 Å². The largest absolute Gasteiger partial charge is 0.502 e. The second-order valence-electron chi connectivity index (χ2n) is 4.70. The number of benzene rings is 1. The predicted octanol–water partition coefficient (Wildman–Crippen LogP) is 1.92. The van der Waals surface area contributed by atoms with Crippen LogP contribution < -0.4 is 5.73 Å². The maximum atomic E-state index is 11.6. The van der Waals surface area contributed by atoms with Crippen LogP contribution in [0, 0.1) is 15.5 Å². The summed E-state index contributed by atoms with van der Waals surface area (Å²) in [5.41, 5.74) is 4.85. The van der Waals surface area contributed by atoms with E-state index in [4.69, 9.17) is 5.73 Å². The van der Waals surface area contributed by atoms with Crippen molar-refractivity contribution in [2.75, 3.05) is 7.11 Å². The first kappa shape index (κ1) is 18.1. The molecule has 0 bridgehead atoms. The number of methoxy groups -OCH3 is 1. The minimum atomic E-state index is -1.04. The number of nitro benzene ring substituents is 1. The quantitative estimate of drug-likeness (QED) is 0.499. The summed E-state index contributed by atoms with van der Waals surface area (Å²) in [5.74, 6) is -0.965. The van der Waals surface area contributed by atoms with Crippen molar-refractivity contribution in [1.82, 2.24) is 0 Å². The Morgan fingerprint density at radius 3 is 2.50 bits per heavy atom. The topological polar surface area (TPSA) is 116 Å². The molecule has 0 amide bonds. The molecule has 0 radical (unpaired) electrons. The van der Waals surface area contributed by atoms with Crippen LogP contribution in [0.25, 0.3) is 0 Å². The molecule has 0 aliphatic heterocycles. The number of carbonyl (C=O) groups is 1. The number of halogens is 1. The van der Waals surface area contributed by atoms with E-state index >= 15 is 0 Å². The van der Waals surface area contributed by atoms with Crippen molar-refractivity contribution < 1.29 is 19.6 Å². The summed E-state index contributed by atoms with van der Waals surface area (Å²) >= 11 is 0. The minimum Gasteiger partial charge on any atom is -0.502 e. The van der Waals surface area contributed by atoms with Gasteiger partial charge in [0.05, 0.1) is 17.4 Å². The Morgan fingerprint density at radius 2 is 2.05 bits per heavy atom. The lowest BCUT2D eigenvalue weighted by atomic mass is 9.81. The normalized spacial score (nSPS) is 12.2. The third kappa shape index (κ3) is 3.37. The number of phenolic OH excluding ortho intramolecular Hbond substituents is 1. The van der Waals surface area contributed by atoms with Crippen molar-refractivity contribution in [2.24, 2.45) is 11.1 Å². The van der Waals surface area contributed by atoms with Gasteiger partial charge in [0.1, 0.15) is 0 Å². The summed E-state index contributed by atoms with van der Waals surface area (Å²) in [6.45, 7) is 3.17. The molecule has 0 unspecified atom stereocenters. The van der Waals surface area contributed by atoms with Gasteiger partial charge < -0.3 is 15.6 Å². The van der Waals surface area contributed by atoms with E-state index in [1.165, 1.54) is 19.2 Å². The highest BCUT2D eigenvalue weighted by Gasteiger charge is 2.37. The Balaban J connectivity index is 0.00000361. The van der Waals surface area contributed by atoms with Crippen molar-refractivity contribution in [2.45, 2.75) is 19.9 Å². The van der Waals surface area contributed by atoms with E-state index in [1.54, 1.807) is 13.8 Å². The minimum absolute atomic E-state index is 0. The lowest BCUT2D eigenvalue weighted by Gasteiger charge is -2.28. The number of phenols is 1. The SMILES string of the molecule is COC(=O)C(C)(C)[C@@H](N)c1ccc(O)c([N+](=O)[O-])c1.Cl. The summed E-state index contributed by atoms with van der Waals surface area (Å²) in [4.78, 5) is 21.7. The number of esters is 1. The molecule has 0 aliphatic carbocycles. The lowest BCUT2D eigenvalue weighted by Crippen LogP contribution is -2.37. The lowest BCUT2D eigenvalue weighted by molar-refractivity contribution is -0.385. The molecule has 7 nitrogen and oxygen atoms in total. The standard InChI is InChI=1S/C12H16N2O5.ClH/c1-12(2,11(16)19-3)10(13)7-4-5-9(15)8(6-7)14(17)18;/h4-6,10,15H,13H2,1-3H3;1H/t10-;/m0./s1. The zero-order valence-corrected chi connectivity index (χ0v) is 12.1. The number of ether oxygens (including phenoxy) is 1. The Hall–Kier alpha value is -1.86. The summed E-state index contributed by atoms with van der Waals surface area (Å²) in [6.07, 6.45) is 0. The Morgan fingerprint density at radius 1 is 1.50 bits per heavy atom. The first-order valence-electron chi connectivity index (χ1n) is 5.53. The van der Waals surface area contributed by atoms with Crippen molar-refractivity contribution in [3.8, 4) is 5.75 Å². The monoisotopic (exact) mass is 304 g/mol. The number of carbonyl (C=O) groups excluding carboxylic acids is 1. The van der Waals surface area contributed by atoms with Gasteiger partial charge in [-0.3, -0.25) is 14.9 Å². The molecule has 0 heterocycles. The highest BCUT2D eigenvalue weighted by atomic mass is 35.5. The molecule has 1 rings (SSSR count). The highest BCUT2D eigenvalue weighted by Crippen LogP contribution is 2.36. The summed E-state index contributed by atoms with van der Waals surface area (Å²) in [7, 11) is 1.25. The molecule has 8 heteroatoms. The van der Waals surface area contributed by atoms with E-state index in [0.717, 1.165) is 6.07 Å². The van der Waals surface area contributed by atoms with Crippen molar-refractivity contribution in [3.05, 3.63) is 33.9 Å². The van der Waals surface area contributed by atoms with Crippen LogP contribution in [0.4, 0.5) is 5.69 Å². The fourth-order valence-electron chi connectivity index (χ4n) is 1.69. The number of nitro groups is 1. The van der Waals surface area contributed by atoms with Crippen LogP contribution in [0.15, 0.2) is 18.2 Å². The number of aromatic hydroxyl groups is 1. The summed E-state index contributed by atoms with van der Waals surface area (Å²) in [6, 6.07) is 2.99. The number of hydrogen-bond donors (Lipinski definition) is 2. The summed E-state index contributed by atoms with van der Waals surface area (Å²) < 4.78 is 4.66. The number of rotatable bonds is 4. The number of nitrogens with two attached hydrogens (primary N) is 1. The van der Waals surface area contributed by atoms with E-state index in [9.17, 15) is 20.0 Å². The van der Waals surface area contributed by atoms with E-state index < -0.39 is 33.8 Å². The van der Waals surface area contributed by atoms with Crippen LogP contribution in [-0.2, 0) is 9.53 Å². The van der Waals surface area contributed by atoms with E-state index in [0.29, 0.717) is 5.56 Å². The van der Waals surface area contributed by atoms with Gasteiger partial charge in [0.25, 0.3) is 0 Å². The number of nitrogens with zero attached hydrogens (tertiary/aromatic N) is 1. The maximum Gasteiger partial charge on any atom is 0.313 e. The zero-order chi connectivity index (χ0) is 14.8. The highest BCUT2D eigenvalue weighted by molar-refractivity contribution is 5.85. The maximum absolute atomic E-state index is 11.6. The van der Waals surface area contributed by atoms with Gasteiger partial charge in [0, 0.05) is 12.1 Å². The predicted molar refractivity (Wildman–Crippen MR) is 74.7 cm³/mol. The molecule has 20 heavy (non-hydrogen) atoms. The zero-order valence-electron chi connectivity index (χ0n) is 11.3. The van der Waals surface area contributed by atoms with E-state index in [1.807, 2.05) is 0 Å². The number of hydrogen-bond acceptors (Lipinski definition) is 6. The van der Waals surface area contributed by atoms with Crippen LogP contribution >= 0.6 is 12.4 Å². The van der Waals surface area contributed by atoms with Crippen LogP contribution in [0.3, 0.4) is 0 Å². The molecule has 0 spiro atoms. The molecule has 0 saturated heterocycles. The van der Waals surface area contributed by atoms with Crippen LogP contribution in [0.2, 0.25) is 0 Å². The molecule has 0 aromatic heterocycles. The van der Waals surface area contributed by atoms with Gasteiger partial charge in [-0.15, -0.1) is 12.4 Å². The molecular formula is C12H17ClN2O5. The molecular weight excluding hydrogens is 288 g/mol. The second-order valence-corrected chi connectivity index (χ2v) is 4.70. The van der Waals surface area contributed by atoms with Crippen molar-refractivity contribution in [3.63, 3.8) is 0 Å². The smallest absolute Gasteiger partial charge is 0.313 e. The summed E-state index contributed by atoms with van der Waals surface area (Å²) in [5, 5.41) is 20.1. The van der Waals surface area contributed by atoms with Crippen molar-refractivity contribution in [1.29, 1.82) is 0 Å². The first-order valence-corrected chi connectivity index (χ1v) is 5.53. The van der Waals surface area contributed by atoms with Gasteiger partial charge >= 0.3 is 11.7 Å². The van der Waals surface area contributed by atoms with Gasteiger partial charge in [-0.2, -0.15) is 0 Å². The van der Waals surface area contributed by atoms with Gasteiger partial charge in [-0.05, 0) is 25.5 Å². The van der Waals surface area contributed by atoms with Crippen LogP contribution in [0.1, 0.15) is 25.5 Å². The van der Waals surface area contributed by atoms with Crippen LogP contribution in [-0.4, -0.2) is 23.1 Å². The Kier molecular flexibility index (Phi) is 5.93.